The van der Waals surface area contributed by atoms with Gasteiger partial charge in [-0.1, -0.05) is 0 Å². The third-order valence-corrected chi connectivity index (χ3v) is 7.52. The lowest BCUT2D eigenvalue weighted by Gasteiger charge is -2.38. The molecule has 2 bridgehead atoms. The Bertz CT molecular complexity index is 940. The lowest BCUT2D eigenvalue weighted by Crippen LogP contribution is -2.50. The number of piperidine rings is 1. The largest absolute Gasteiger partial charge is 0.381 e. The minimum atomic E-state index is -3.18. The third kappa shape index (κ3) is 2.75. The number of nitrogens with zero attached hydrogens (tertiary/aromatic N) is 2. The van der Waals surface area contributed by atoms with Crippen molar-refractivity contribution in [2.75, 3.05) is 11.1 Å². The van der Waals surface area contributed by atoms with E-state index in [2.05, 4.69) is 15.3 Å². The highest BCUT2D eigenvalue weighted by molar-refractivity contribution is 7.89. The van der Waals surface area contributed by atoms with Gasteiger partial charge in [0.15, 0.2) is 0 Å². The maximum absolute atomic E-state index is 12.4. The van der Waals surface area contributed by atoms with Crippen molar-refractivity contribution in [3.63, 3.8) is 0 Å². The zero-order valence-electron chi connectivity index (χ0n) is 14.6. The summed E-state index contributed by atoms with van der Waals surface area (Å²) < 4.78 is 26.5. The summed E-state index contributed by atoms with van der Waals surface area (Å²) in [6.07, 6.45) is 6.48. The van der Waals surface area contributed by atoms with Gasteiger partial charge in [-0.25, -0.2) is 13.4 Å². The van der Waals surface area contributed by atoms with Gasteiger partial charge >= 0.3 is 0 Å². The first-order valence-electron chi connectivity index (χ1n) is 8.94. The standard InChI is InChI=1S/C17H23N5O3S/c1-2-26(24,25)22-11-3-4-12(22)8-10(7-11)21-15-13-5-6-19-17(13)20-9-14(15)16(18)23/h5-6,9-12H,2-4,7-8H2,1H3,(H2,18,23)(H2,19,20,21)/t10-,11-,12+. The lowest BCUT2D eigenvalue weighted by molar-refractivity contribution is 0.100. The molecule has 2 saturated heterocycles. The van der Waals surface area contributed by atoms with Gasteiger partial charge in [0.05, 0.1) is 17.0 Å². The average molecular weight is 377 g/mol. The van der Waals surface area contributed by atoms with Gasteiger partial charge in [0.25, 0.3) is 5.91 Å². The van der Waals surface area contributed by atoms with E-state index in [0.29, 0.717) is 16.9 Å². The number of carbonyl (C=O) groups excluding carboxylic acids is 1. The number of aromatic nitrogens is 2. The number of H-pyrrole nitrogens is 1. The fourth-order valence-electron chi connectivity index (χ4n) is 4.41. The number of amides is 1. The second-order valence-electron chi connectivity index (χ2n) is 7.08. The summed E-state index contributed by atoms with van der Waals surface area (Å²) in [6.45, 7) is 1.69. The molecular formula is C17H23N5O3S. The Hall–Kier alpha value is -2.13. The van der Waals surface area contributed by atoms with Crippen LogP contribution in [0.5, 0.6) is 0 Å². The smallest absolute Gasteiger partial charge is 0.252 e. The van der Waals surface area contributed by atoms with E-state index in [1.807, 2.05) is 6.07 Å². The number of primary amides is 1. The fraction of sp³-hybridized carbons (Fsp3) is 0.529. The quantitative estimate of drug-likeness (QED) is 0.727. The zero-order chi connectivity index (χ0) is 18.5. The van der Waals surface area contributed by atoms with Gasteiger partial charge in [0.2, 0.25) is 10.0 Å². The molecule has 1 amide bonds. The lowest BCUT2D eigenvalue weighted by atomic mass is 9.98. The van der Waals surface area contributed by atoms with Crippen LogP contribution >= 0.6 is 0 Å². The minimum absolute atomic E-state index is 0.0248. The molecule has 26 heavy (non-hydrogen) atoms. The monoisotopic (exact) mass is 377 g/mol. The Morgan fingerprint density at radius 1 is 1.38 bits per heavy atom. The molecule has 4 N–H and O–H groups in total. The predicted molar refractivity (Wildman–Crippen MR) is 99.4 cm³/mol. The van der Waals surface area contributed by atoms with E-state index in [1.165, 1.54) is 6.20 Å². The van der Waals surface area contributed by atoms with Crippen LogP contribution in [0.1, 0.15) is 43.0 Å². The SMILES string of the molecule is CCS(=O)(=O)N1[C@@H]2CC[C@H]1C[C@H](Nc1c(C(N)=O)cnc3[nH]ccc13)C2. The van der Waals surface area contributed by atoms with Gasteiger partial charge in [-0.05, 0) is 38.7 Å². The van der Waals surface area contributed by atoms with Crippen LogP contribution in [0.3, 0.4) is 0 Å². The van der Waals surface area contributed by atoms with E-state index < -0.39 is 15.9 Å². The minimum Gasteiger partial charge on any atom is -0.381 e. The van der Waals surface area contributed by atoms with Crippen LogP contribution in [0.25, 0.3) is 11.0 Å². The van der Waals surface area contributed by atoms with E-state index in [-0.39, 0.29) is 23.9 Å². The normalized spacial score (nSPS) is 26.3. The molecule has 0 radical (unpaired) electrons. The van der Waals surface area contributed by atoms with Crippen molar-refractivity contribution in [3.8, 4) is 0 Å². The Morgan fingerprint density at radius 3 is 2.69 bits per heavy atom. The number of hydrogen-bond acceptors (Lipinski definition) is 5. The number of anilines is 1. The highest BCUT2D eigenvalue weighted by Gasteiger charge is 2.46. The summed E-state index contributed by atoms with van der Waals surface area (Å²) in [7, 11) is -3.18. The molecule has 2 aliphatic heterocycles. The zero-order valence-corrected chi connectivity index (χ0v) is 15.4. The molecule has 3 atom stereocenters. The van der Waals surface area contributed by atoms with Gasteiger partial charge in [-0.3, -0.25) is 4.79 Å². The summed E-state index contributed by atoms with van der Waals surface area (Å²) >= 11 is 0. The molecule has 2 aromatic rings. The first-order valence-corrected chi connectivity index (χ1v) is 10.5. The Morgan fingerprint density at radius 2 is 2.08 bits per heavy atom. The Kier molecular flexibility index (Phi) is 4.15. The Labute approximate surface area is 152 Å². The van der Waals surface area contributed by atoms with Crippen LogP contribution in [0.4, 0.5) is 5.69 Å². The van der Waals surface area contributed by atoms with E-state index in [1.54, 1.807) is 17.4 Å². The second kappa shape index (κ2) is 6.24. The molecule has 140 valence electrons. The second-order valence-corrected chi connectivity index (χ2v) is 9.24. The molecular weight excluding hydrogens is 354 g/mol. The number of pyridine rings is 1. The van der Waals surface area contributed by atoms with Gasteiger partial charge in [0.1, 0.15) is 5.65 Å². The summed E-state index contributed by atoms with van der Waals surface area (Å²) in [5.74, 6) is -0.393. The predicted octanol–water partition coefficient (Wildman–Crippen LogP) is 1.42. The molecule has 0 aliphatic carbocycles. The van der Waals surface area contributed by atoms with Crippen molar-refractivity contribution >= 4 is 32.7 Å². The third-order valence-electron chi connectivity index (χ3n) is 5.55. The molecule has 0 spiro atoms. The van der Waals surface area contributed by atoms with E-state index in [0.717, 1.165) is 31.1 Å². The number of nitrogens with two attached hydrogens (primary N) is 1. The van der Waals surface area contributed by atoms with Crippen molar-refractivity contribution in [1.82, 2.24) is 14.3 Å². The summed E-state index contributed by atoms with van der Waals surface area (Å²) in [5.41, 5.74) is 7.25. The molecule has 0 aromatic carbocycles. The summed E-state index contributed by atoms with van der Waals surface area (Å²) in [4.78, 5) is 19.1. The number of hydrogen-bond donors (Lipinski definition) is 3. The van der Waals surface area contributed by atoms with Gasteiger partial charge in [-0.15, -0.1) is 0 Å². The fourth-order valence-corrected chi connectivity index (χ4v) is 6.00. The topological polar surface area (TPSA) is 121 Å². The number of aromatic amines is 1. The van der Waals surface area contributed by atoms with Crippen molar-refractivity contribution in [1.29, 1.82) is 0 Å². The summed E-state index contributed by atoms with van der Waals surface area (Å²) in [6, 6.07) is 2.01. The van der Waals surface area contributed by atoms with Gasteiger partial charge in [-0.2, -0.15) is 4.31 Å². The maximum atomic E-state index is 12.4. The molecule has 2 fully saturated rings. The molecule has 4 rings (SSSR count). The van der Waals surface area contributed by atoms with Crippen LogP contribution in [-0.2, 0) is 10.0 Å². The van der Waals surface area contributed by atoms with Crippen LogP contribution < -0.4 is 11.1 Å². The summed E-state index contributed by atoms with van der Waals surface area (Å²) in [5, 5.41) is 4.29. The number of nitrogens with one attached hydrogen (secondary N) is 2. The maximum Gasteiger partial charge on any atom is 0.252 e. The van der Waals surface area contributed by atoms with Crippen LogP contribution in [0.2, 0.25) is 0 Å². The first-order chi connectivity index (χ1) is 12.4. The van der Waals surface area contributed by atoms with Crippen molar-refractivity contribution in [2.24, 2.45) is 5.73 Å². The average Bonchev–Trinajstić information content (AvgIpc) is 3.18. The van der Waals surface area contributed by atoms with Gasteiger partial charge in [0, 0.05) is 35.9 Å². The molecule has 8 nitrogen and oxygen atoms in total. The number of rotatable bonds is 5. The molecule has 4 heterocycles. The van der Waals surface area contributed by atoms with E-state index in [9.17, 15) is 13.2 Å². The Balaban J connectivity index is 1.63. The van der Waals surface area contributed by atoms with E-state index in [4.69, 9.17) is 5.73 Å². The highest BCUT2D eigenvalue weighted by Crippen LogP contribution is 2.39. The van der Waals surface area contributed by atoms with Crippen LogP contribution in [0, 0.1) is 0 Å². The molecule has 2 aromatic heterocycles. The van der Waals surface area contributed by atoms with E-state index >= 15 is 0 Å². The first kappa shape index (κ1) is 17.3. The van der Waals surface area contributed by atoms with Crippen LogP contribution in [-0.4, -0.2) is 52.5 Å². The molecule has 9 heteroatoms. The van der Waals surface area contributed by atoms with Crippen molar-refractivity contribution < 1.29 is 13.2 Å². The molecule has 2 aliphatic rings. The van der Waals surface area contributed by atoms with Crippen molar-refractivity contribution in [3.05, 3.63) is 24.0 Å². The molecule has 0 saturated carbocycles. The van der Waals surface area contributed by atoms with Crippen molar-refractivity contribution in [2.45, 2.75) is 50.7 Å². The number of carbonyl (C=O) groups is 1. The molecule has 0 unspecified atom stereocenters. The van der Waals surface area contributed by atoms with Gasteiger partial charge < -0.3 is 16.0 Å². The highest BCUT2D eigenvalue weighted by atomic mass is 32.2. The van der Waals surface area contributed by atoms with Crippen LogP contribution in [0.15, 0.2) is 18.5 Å². The number of fused-ring (bicyclic) bond motifs is 3. The number of sulfonamides is 1.